The zero-order chi connectivity index (χ0) is 17.7. The number of hydrogen-bond donors (Lipinski definition) is 1. The number of aromatic amines is 1. The maximum atomic E-state index is 12.9. The predicted molar refractivity (Wildman–Crippen MR) is 99.3 cm³/mol. The molecule has 0 saturated heterocycles. The molecule has 1 saturated carbocycles. The number of nitrogens with zero attached hydrogens (tertiary/aromatic N) is 3. The Hall–Kier alpha value is -2.67. The van der Waals surface area contributed by atoms with Gasteiger partial charge in [0.2, 0.25) is 0 Å². The molecule has 7 heteroatoms. The Morgan fingerprint density at radius 3 is 2.92 bits per heavy atom. The number of pyridine rings is 1. The van der Waals surface area contributed by atoms with Crippen LogP contribution in [0, 0.1) is 0 Å². The van der Waals surface area contributed by atoms with Crippen LogP contribution in [0.1, 0.15) is 40.5 Å². The van der Waals surface area contributed by atoms with E-state index >= 15 is 0 Å². The number of fused-ring (bicyclic) bond motifs is 1. The summed E-state index contributed by atoms with van der Waals surface area (Å²) in [7, 11) is 0. The van der Waals surface area contributed by atoms with Gasteiger partial charge in [-0.1, -0.05) is 0 Å². The minimum Gasteiger partial charge on any atom is -0.333 e. The zero-order valence-corrected chi connectivity index (χ0v) is 15.0. The lowest BCUT2D eigenvalue weighted by Gasteiger charge is -2.28. The molecule has 5 rings (SSSR count). The fraction of sp³-hybridized carbons (Fsp3) is 0.316. The van der Waals surface area contributed by atoms with E-state index in [0.717, 1.165) is 35.2 Å². The highest BCUT2D eigenvalue weighted by atomic mass is 32.1. The zero-order valence-electron chi connectivity index (χ0n) is 14.1. The fourth-order valence-electron chi connectivity index (χ4n) is 3.52. The second kappa shape index (κ2) is 5.95. The Kier molecular flexibility index (Phi) is 3.56. The van der Waals surface area contributed by atoms with Gasteiger partial charge in [-0.2, -0.15) is 16.4 Å². The summed E-state index contributed by atoms with van der Waals surface area (Å²) in [4.78, 5) is 26.9. The molecule has 1 N–H and O–H groups in total. The molecule has 1 fully saturated rings. The van der Waals surface area contributed by atoms with E-state index in [4.69, 9.17) is 0 Å². The molecular formula is C19H18N4O2S. The number of aromatic nitrogens is 3. The van der Waals surface area contributed by atoms with Crippen LogP contribution < -0.4 is 5.56 Å². The van der Waals surface area contributed by atoms with Gasteiger partial charge in [-0.15, -0.1) is 0 Å². The third-order valence-corrected chi connectivity index (χ3v) is 5.81. The molecular weight excluding hydrogens is 348 g/mol. The van der Waals surface area contributed by atoms with Crippen molar-refractivity contribution in [3.05, 3.63) is 62.3 Å². The van der Waals surface area contributed by atoms with Crippen molar-refractivity contribution in [2.45, 2.75) is 31.8 Å². The smallest absolute Gasteiger partial charge is 0.272 e. The first-order valence-corrected chi connectivity index (χ1v) is 9.74. The van der Waals surface area contributed by atoms with E-state index in [0.29, 0.717) is 31.2 Å². The van der Waals surface area contributed by atoms with Gasteiger partial charge in [0.05, 0.1) is 5.69 Å². The SMILES string of the molecule is O=C(c1cc(-c2ccsc2)n[nH]1)N1CCc2cc(=O)n(C3CC3)cc2C1. The van der Waals surface area contributed by atoms with Crippen molar-refractivity contribution in [2.24, 2.45) is 0 Å². The van der Waals surface area contributed by atoms with Crippen molar-refractivity contribution in [2.75, 3.05) is 6.54 Å². The summed E-state index contributed by atoms with van der Waals surface area (Å²) < 4.78 is 1.83. The predicted octanol–water partition coefficient (Wildman–Crippen LogP) is 2.83. The number of carbonyl (C=O) groups excluding carboxylic acids is 1. The molecule has 3 aromatic rings. The summed E-state index contributed by atoms with van der Waals surface area (Å²) in [6, 6.07) is 5.90. The largest absolute Gasteiger partial charge is 0.333 e. The van der Waals surface area contributed by atoms with E-state index in [1.165, 1.54) is 0 Å². The van der Waals surface area contributed by atoms with Crippen molar-refractivity contribution in [3.63, 3.8) is 0 Å². The summed E-state index contributed by atoms with van der Waals surface area (Å²) in [5.74, 6) is -0.0474. The van der Waals surface area contributed by atoms with Gasteiger partial charge in [0.15, 0.2) is 0 Å². The topological polar surface area (TPSA) is 71.0 Å². The fourth-order valence-corrected chi connectivity index (χ4v) is 4.17. The average molecular weight is 366 g/mol. The summed E-state index contributed by atoms with van der Waals surface area (Å²) in [6.45, 7) is 1.15. The monoisotopic (exact) mass is 366 g/mol. The van der Waals surface area contributed by atoms with Gasteiger partial charge >= 0.3 is 0 Å². The van der Waals surface area contributed by atoms with Crippen LogP contribution in [0.5, 0.6) is 0 Å². The molecule has 1 amide bonds. The molecule has 1 aliphatic heterocycles. The highest BCUT2D eigenvalue weighted by Crippen LogP contribution is 2.34. The quantitative estimate of drug-likeness (QED) is 0.775. The Bertz CT molecular complexity index is 1030. The normalized spacial score (nSPS) is 16.5. The molecule has 3 aromatic heterocycles. The van der Waals surface area contributed by atoms with E-state index in [9.17, 15) is 9.59 Å². The minimum atomic E-state index is -0.0474. The third-order valence-electron chi connectivity index (χ3n) is 5.12. The number of H-pyrrole nitrogens is 1. The van der Waals surface area contributed by atoms with Gasteiger partial charge in [0, 0.05) is 42.3 Å². The van der Waals surface area contributed by atoms with Gasteiger partial charge in [-0.25, -0.2) is 0 Å². The number of nitrogens with one attached hydrogen (secondary N) is 1. The molecule has 26 heavy (non-hydrogen) atoms. The second-order valence-electron chi connectivity index (χ2n) is 6.96. The number of rotatable bonds is 3. The molecule has 0 unspecified atom stereocenters. The second-order valence-corrected chi connectivity index (χ2v) is 7.74. The molecule has 6 nitrogen and oxygen atoms in total. The lowest BCUT2D eigenvalue weighted by atomic mass is 10.0. The van der Waals surface area contributed by atoms with E-state index in [-0.39, 0.29) is 11.5 Å². The van der Waals surface area contributed by atoms with Gasteiger partial charge in [-0.05, 0) is 47.9 Å². The van der Waals surface area contributed by atoms with Gasteiger partial charge in [0.1, 0.15) is 5.69 Å². The first-order chi connectivity index (χ1) is 12.7. The maximum absolute atomic E-state index is 12.9. The molecule has 0 aromatic carbocycles. The molecule has 0 spiro atoms. The molecule has 1 aliphatic carbocycles. The van der Waals surface area contributed by atoms with Crippen LogP contribution in [-0.2, 0) is 13.0 Å². The van der Waals surface area contributed by atoms with E-state index in [1.54, 1.807) is 17.4 Å². The molecule has 4 heterocycles. The van der Waals surface area contributed by atoms with Crippen molar-refractivity contribution >= 4 is 17.2 Å². The highest BCUT2D eigenvalue weighted by Gasteiger charge is 2.28. The number of amides is 1. The van der Waals surface area contributed by atoms with Gasteiger partial charge in [0.25, 0.3) is 11.5 Å². The maximum Gasteiger partial charge on any atom is 0.272 e. The van der Waals surface area contributed by atoms with Crippen molar-refractivity contribution in [1.82, 2.24) is 19.7 Å². The summed E-state index contributed by atoms with van der Waals surface area (Å²) in [5.41, 5.74) is 4.54. The number of hydrogen-bond acceptors (Lipinski definition) is 4. The Morgan fingerprint density at radius 1 is 1.27 bits per heavy atom. The average Bonchev–Trinajstić information content (AvgIpc) is 3.14. The minimum absolute atomic E-state index is 0.0474. The van der Waals surface area contributed by atoms with Crippen LogP contribution in [0.15, 0.2) is 40.0 Å². The van der Waals surface area contributed by atoms with Crippen LogP contribution >= 0.6 is 11.3 Å². The molecule has 0 radical (unpaired) electrons. The summed E-state index contributed by atoms with van der Waals surface area (Å²) in [5, 5.41) is 11.1. The van der Waals surface area contributed by atoms with Crippen molar-refractivity contribution < 1.29 is 4.79 Å². The van der Waals surface area contributed by atoms with Crippen molar-refractivity contribution in [1.29, 1.82) is 0 Å². The van der Waals surface area contributed by atoms with Crippen LogP contribution in [0.2, 0.25) is 0 Å². The van der Waals surface area contributed by atoms with E-state index < -0.39 is 0 Å². The van der Waals surface area contributed by atoms with Crippen LogP contribution in [0.25, 0.3) is 11.3 Å². The first kappa shape index (κ1) is 15.6. The van der Waals surface area contributed by atoms with Gasteiger partial charge < -0.3 is 9.47 Å². The lowest BCUT2D eigenvalue weighted by Crippen LogP contribution is -2.37. The van der Waals surface area contributed by atoms with Crippen molar-refractivity contribution in [3.8, 4) is 11.3 Å². The van der Waals surface area contributed by atoms with Gasteiger partial charge in [-0.3, -0.25) is 14.7 Å². The third kappa shape index (κ3) is 2.68. The summed E-state index contributed by atoms with van der Waals surface area (Å²) in [6.07, 6.45) is 4.81. The molecule has 132 valence electrons. The number of carbonyl (C=O) groups is 1. The molecule has 2 aliphatic rings. The summed E-state index contributed by atoms with van der Waals surface area (Å²) >= 11 is 1.61. The van der Waals surface area contributed by atoms with Crippen LogP contribution in [-0.4, -0.2) is 32.1 Å². The first-order valence-electron chi connectivity index (χ1n) is 8.80. The van der Waals surface area contributed by atoms with Crippen LogP contribution in [0.4, 0.5) is 0 Å². The Labute approximate surface area is 154 Å². The van der Waals surface area contributed by atoms with E-state index in [1.807, 2.05) is 38.6 Å². The lowest BCUT2D eigenvalue weighted by molar-refractivity contribution is 0.0728. The molecule has 0 atom stereocenters. The van der Waals surface area contributed by atoms with E-state index in [2.05, 4.69) is 10.2 Å². The Balaban J connectivity index is 1.39. The Morgan fingerprint density at radius 2 is 2.15 bits per heavy atom. The molecule has 0 bridgehead atoms. The number of thiophene rings is 1. The standard InChI is InChI=1S/C19H18N4O2S/c24-18-7-12-3-5-22(9-14(12)10-23(18)15-1-2-15)19(25)17-8-16(20-21-17)13-4-6-26-11-13/h4,6-8,10-11,15H,1-3,5,9H2,(H,20,21). The van der Waals surface area contributed by atoms with Crippen LogP contribution in [0.3, 0.4) is 0 Å². The highest BCUT2D eigenvalue weighted by molar-refractivity contribution is 7.08.